The summed E-state index contributed by atoms with van der Waals surface area (Å²) in [7, 11) is 0. The molecule has 3 fully saturated rings. The van der Waals surface area contributed by atoms with Crippen LogP contribution in [0.3, 0.4) is 0 Å². The molecule has 4 rings (SSSR count). The van der Waals surface area contributed by atoms with E-state index in [1.165, 1.54) is 0 Å². The monoisotopic (exact) mass is 511 g/mol. The molecule has 4 aliphatic carbocycles. The number of fused-ring (bicyclic) bond motifs is 5. The predicted molar refractivity (Wildman–Crippen MR) is 147 cm³/mol. The maximum Gasteiger partial charge on any atom is 0.410 e. The van der Waals surface area contributed by atoms with Gasteiger partial charge in [-0.3, -0.25) is 9.59 Å². The van der Waals surface area contributed by atoms with Crippen LogP contribution in [0.5, 0.6) is 0 Å². The van der Waals surface area contributed by atoms with Crippen molar-refractivity contribution >= 4 is 17.7 Å². The third-order valence-electron chi connectivity index (χ3n) is 10.9. The second-order valence-electron chi connectivity index (χ2n) is 12.7. The molecule has 0 radical (unpaired) electrons. The summed E-state index contributed by atoms with van der Waals surface area (Å²) in [6.45, 7) is 12.6. The molecule has 0 N–H and O–H groups in total. The minimum absolute atomic E-state index is 0.0693. The van der Waals surface area contributed by atoms with Crippen molar-refractivity contribution in [3.05, 3.63) is 23.8 Å². The Hall–Kier alpha value is -1.91. The van der Waals surface area contributed by atoms with Crippen molar-refractivity contribution in [1.82, 2.24) is 4.90 Å². The molecule has 0 heterocycles. The molecule has 37 heavy (non-hydrogen) atoms. The van der Waals surface area contributed by atoms with Gasteiger partial charge in [0.25, 0.3) is 0 Å². The summed E-state index contributed by atoms with van der Waals surface area (Å²) in [5.41, 5.74) is -0.265. The molecule has 3 saturated carbocycles. The molecule has 6 atom stereocenters. The number of hydrogen-bond acceptors (Lipinski definition) is 4. The minimum atomic E-state index is -0.480. The van der Waals surface area contributed by atoms with E-state index in [1.807, 2.05) is 11.0 Å². The summed E-state index contributed by atoms with van der Waals surface area (Å²) < 4.78 is 6.63. The molecule has 0 bridgehead atoms. The Balaban J connectivity index is 1.56. The van der Waals surface area contributed by atoms with Crippen LogP contribution in [0.15, 0.2) is 23.8 Å². The highest BCUT2D eigenvalue weighted by atomic mass is 16.6. The number of ketones is 2. The molecule has 0 spiro atoms. The number of nitrogens with zero attached hydrogens (tertiary/aromatic N) is 1. The van der Waals surface area contributed by atoms with Crippen molar-refractivity contribution in [2.75, 3.05) is 13.1 Å². The van der Waals surface area contributed by atoms with Gasteiger partial charge in [-0.05, 0) is 74.9 Å². The normalized spacial score (nSPS) is 36.5. The van der Waals surface area contributed by atoms with Crippen molar-refractivity contribution < 1.29 is 19.1 Å². The number of amides is 1. The average Bonchev–Trinajstić information content (AvgIpc) is 3.17. The van der Waals surface area contributed by atoms with E-state index < -0.39 is 5.60 Å². The number of carbonyl (C=O) groups is 3. The first-order valence-electron chi connectivity index (χ1n) is 15.1. The Bertz CT molecular complexity index is 942. The van der Waals surface area contributed by atoms with Crippen molar-refractivity contribution in [2.24, 2.45) is 28.6 Å². The first-order chi connectivity index (χ1) is 17.7. The molecule has 5 heteroatoms. The SMILES string of the molecule is CCCCCN(CCCCC)C(=O)O[C@@]1(CC)CCC2C3CC(=O)C4=CC(=O)C=C[C@]4(C)C3CC[C@@]21C. The predicted octanol–water partition coefficient (Wildman–Crippen LogP) is 7.44. The largest absolute Gasteiger partial charge is 0.442 e. The summed E-state index contributed by atoms with van der Waals surface area (Å²) in [5.74, 6) is 1.03. The maximum absolute atomic E-state index is 13.7. The highest BCUT2D eigenvalue weighted by Crippen LogP contribution is 2.67. The van der Waals surface area contributed by atoms with Crippen LogP contribution in [-0.4, -0.2) is 41.3 Å². The zero-order chi connectivity index (χ0) is 26.8. The van der Waals surface area contributed by atoms with Crippen molar-refractivity contribution in [3.63, 3.8) is 0 Å². The van der Waals surface area contributed by atoms with Gasteiger partial charge in [-0.15, -0.1) is 0 Å². The van der Waals surface area contributed by atoms with Crippen molar-refractivity contribution in [3.8, 4) is 0 Å². The molecule has 5 nitrogen and oxygen atoms in total. The summed E-state index contributed by atoms with van der Waals surface area (Å²) in [5, 5.41) is 0. The average molecular weight is 512 g/mol. The lowest BCUT2D eigenvalue weighted by Gasteiger charge is -2.58. The minimum Gasteiger partial charge on any atom is -0.442 e. The summed E-state index contributed by atoms with van der Waals surface area (Å²) in [4.78, 5) is 41.1. The van der Waals surface area contributed by atoms with Crippen molar-refractivity contribution in [1.29, 1.82) is 0 Å². The fourth-order valence-corrected chi connectivity index (χ4v) is 8.58. The molecule has 0 aromatic heterocycles. The second-order valence-corrected chi connectivity index (χ2v) is 12.7. The molecule has 4 aliphatic rings. The second kappa shape index (κ2) is 11.1. The number of rotatable bonds is 10. The lowest BCUT2D eigenvalue weighted by atomic mass is 9.47. The molecule has 0 aromatic carbocycles. The molecular weight excluding hydrogens is 462 g/mol. The van der Waals surface area contributed by atoms with Crippen LogP contribution in [0, 0.1) is 28.6 Å². The van der Waals surface area contributed by atoms with E-state index in [2.05, 4.69) is 34.6 Å². The highest BCUT2D eigenvalue weighted by Gasteiger charge is 2.66. The quantitative estimate of drug-likeness (QED) is 0.286. The zero-order valence-corrected chi connectivity index (χ0v) is 23.9. The number of ether oxygens (including phenoxy) is 1. The molecule has 0 aliphatic heterocycles. The first-order valence-corrected chi connectivity index (χ1v) is 15.1. The summed E-state index contributed by atoms with van der Waals surface area (Å²) in [6, 6.07) is 0. The standard InChI is InChI=1S/C32H49NO4/c1-6-9-11-19-33(20-12-10-7-2)29(36)37-32(8-3)18-15-26-24-22-28(35)27-21-23(34)13-16-30(27,4)25(24)14-17-31(26,32)5/h13,16,21,24-26H,6-12,14-15,17-20,22H2,1-5H3/t24?,25?,26?,30-,31+,32+/m1/s1. The lowest BCUT2D eigenvalue weighted by molar-refractivity contribution is -0.142. The number of allylic oxidation sites excluding steroid dienone is 4. The van der Waals surface area contributed by atoms with E-state index >= 15 is 0 Å². The van der Waals surface area contributed by atoms with Gasteiger partial charge in [0, 0.05) is 35.9 Å². The molecule has 3 unspecified atom stereocenters. The van der Waals surface area contributed by atoms with E-state index in [9.17, 15) is 14.4 Å². The van der Waals surface area contributed by atoms with Crippen LogP contribution in [-0.2, 0) is 14.3 Å². The number of hydrogen-bond donors (Lipinski definition) is 0. The Kier molecular flexibility index (Phi) is 8.40. The van der Waals surface area contributed by atoms with Gasteiger partial charge < -0.3 is 9.64 Å². The molecule has 0 saturated heterocycles. The van der Waals surface area contributed by atoms with E-state index in [1.54, 1.807) is 12.2 Å². The third kappa shape index (κ3) is 4.85. The first kappa shape index (κ1) is 28.1. The molecular formula is C32H49NO4. The number of Topliss-reactive ketones (excluding diaryl/α,β-unsaturated/α-hetero) is 1. The fourth-order valence-electron chi connectivity index (χ4n) is 8.58. The highest BCUT2D eigenvalue weighted by molar-refractivity contribution is 6.10. The lowest BCUT2D eigenvalue weighted by Crippen LogP contribution is -2.57. The maximum atomic E-state index is 13.7. The van der Waals surface area contributed by atoms with Gasteiger partial charge in [0.2, 0.25) is 0 Å². The van der Waals surface area contributed by atoms with Crippen molar-refractivity contribution in [2.45, 2.75) is 117 Å². The molecule has 0 aromatic rings. The van der Waals surface area contributed by atoms with Gasteiger partial charge in [0.15, 0.2) is 11.6 Å². The van der Waals surface area contributed by atoms with Crippen LogP contribution in [0.2, 0.25) is 0 Å². The topological polar surface area (TPSA) is 63.7 Å². The van der Waals surface area contributed by atoms with Gasteiger partial charge in [-0.2, -0.15) is 0 Å². The number of unbranched alkanes of at least 4 members (excludes halogenated alkanes) is 4. The summed E-state index contributed by atoms with van der Waals surface area (Å²) in [6.07, 6.45) is 16.9. The Morgan fingerprint density at radius 1 is 0.973 bits per heavy atom. The van der Waals surface area contributed by atoms with E-state index in [4.69, 9.17) is 4.74 Å². The number of carbonyl (C=O) groups excluding carboxylic acids is 3. The Morgan fingerprint density at radius 3 is 2.24 bits per heavy atom. The van der Waals surface area contributed by atoms with Gasteiger partial charge >= 0.3 is 6.09 Å². The molecule has 206 valence electrons. The van der Waals surface area contributed by atoms with Gasteiger partial charge in [-0.1, -0.05) is 66.4 Å². The van der Waals surface area contributed by atoms with Gasteiger partial charge in [-0.25, -0.2) is 4.79 Å². The van der Waals surface area contributed by atoms with Crippen LogP contribution in [0.25, 0.3) is 0 Å². The van der Waals surface area contributed by atoms with E-state index in [-0.39, 0.29) is 34.4 Å². The van der Waals surface area contributed by atoms with E-state index in [0.29, 0.717) is 23.8 Å². The molecule has 1 amide bonds. The van der Waals surface area contributed by atoms with Crippen LogP contribution < -0.4 is 0 Å². The third-order valence-corrected chi connectivity index (χ3v) is 10.9. The fraction of sp³-hybridized carbons (Fsp3) is 0.781. The Labute approximate surface area is 224 Å². The van der Waals surface area contributed by atoms with Crippen LogP contribution >= 0.6 is 0 Å². The zero-order valence-electron chi connectivity index (χ0n) is 23.9. The van der Waals surface area contributed by atoms with Crippen LogP contribution in [0.1, 0.15) is 112 Å². The van der Waals surface area contributed by atoms with Gasteiger partial charge in [0.1, 0.15) is 5.60 Å². The van der Waals surface area contributed by atoms with Gasteiger partial charge in [0.05, 0.1) is 0 Å². The van der Waals surface area contributed by atoms with Crippen LogP contribution in [0.4, 0.5) is 4.79 Å². The van der Waals surface area contributed by atoms with E-state index in [0.717, 1.165) is 83.7 Å². The summed E-state index contributed by atoms with van der Waals surface area (Å²) >= 11 is 0. The smallest absolute Gasteiger partial charge is 0.410 e. The Morgan fingerprint density at radius 2 is 1.62 bits per heavy atom.